The molecule has 0 saturated carbocycles. The van der Waals surface area contributed by atoms with E-state index in [1.165, 1.54) is 0 Å². The third kappa shape index (κ3) is 2.87. The standard InChI is InChI=1S/C15H18N2O3/c16-10-13(11-17-3-5-18-6-4-17)12-1-2-14-15(9-12)20-8-7-19-14/h1-2,9,13H,3-8,11H2. The van der Waals surface area contributed by atoms with Crippen LogP contribution in [-0.2, 0) is 4.74 Å². The van der Waals surface area contributed by atoms with Crippen LogP contribution in [0.25, 0.3) is 0 Å². The lowest BCUT2D eigenvalue weighted by atomic mass is 9.99. The zero-order valence-electron chi connectivity index (χ0n) is 11.4. The highest BCUT2D eigenvalue weighted by Gasteiger charge is 2.20. The van der Waals surface area contributed by atoms with E-state index < -0.39 is 0 Å². The van der Waals surface area contributed by atoms with E-state index in [2.05, 4.69) is 11.0 Å². The first-order valence-corrected chi connectivity index (χ1v) is 6.96. The van der Waals surface area contributed by atoms with E-state index in [0.29, 0.717) is 13.2 Å². The van der Waals surface area contributed by atoms with Crippen molar-refractivity contribution in [2.75, 3.05) is 46.1 Å². The molecule has 0 aliphatic carbocycles. The molecule has 0 aromatic heterocycles. The number of fused-ring (bicyclic) bond motifs is 1. The molecule has 1 aromatic carbocycles. The third-order valence-electron chi connectivity index (χ3n) is 3.67. The van der Waals surface area contributed by atoms with E-state index in [0.717, 1.165) is 49.9 Å². The van der Waals surface area contributed by atoms with Gasteiger partial charge in [0.15, 0.2) is 11.5 Å². The van der Waals surface area contributed by atoms with Gasteiger partial charge in [-0.25, -0.2) is 0 Å². The lowest BCUT2D eigenvalue weighted by Crippen LogP contribution is -2.38. The summed E-state index contributed by atoms with van der Waals surface area (Å²) in [5.41, 5.74) is 0.989. The molecule has 2 aliphatic heterocycles. The van der Waals surface area contributed by atoms with Crippen molar-refractivity contribution in [1.29, 1.82) is 5.26 Å². The number of rotatable bonds is 3. The smallest absolute Gasteiger partial charge is 0.161 e. The second kappa shape index (κ2) is 6.12. The number of nitriles is 1. The number of nitrogens with zero attached hydrogens (tertiary/aromatic N) is 2. The monoisotopic (exact) mass is 274 g/mol. The number of morpholine rings is 1. The summed E-state index contributed by atoms with van der Waals surface area (Å²) in [6.45, 7) is 5.17. The van der Waals surface area contributed by atoms with Gasteiger partial charge in [-0.15, -0.1) is 0 Å². The maximum Gasteiger partial charge on any atom is 0.161 e. The van der Waals surface area contributed by atoms with Crippen LogP contribution in [0.5, 0.6) is 11.5 Å². The minimum absolute atomic E-state index is 0.149. The summed E-state index contributed by atoms with van der Waals surface area (Å²) in [7, 11) is 0. The Morgan fingerprint density at radius 1 is 1.10 bits per heavy atom. The quantitative estimate of drug-likeness (QED) is 0.834. The Morgan fingerprint density at radius 3 is 2.60 bits per heavy atom. The maximum atomic E-state index is 9.43. The molecule has 1 unspecified atom stereocenters. The first-order valence-electron chi connectivity index (χ1n) is 6.96. The van der Waals surface area contributed by atoms with Gasteiger partial charge >= 0.3 is 0 Å². The summed E-state index contributed by atoms with van der Waals surface area (Å²) >= 11 is 0. The van der Waals surface area contributed by atoms with Gasteiger partial charge in [0, 0.05) is 19.6 Å². The van der Waals surface area contributed by atoms with Gasteiger partial charge < -0.3 is 14.2 Å². The van der Waals surface area contributed by atoms with Gasteiger partial charge in [-0.1, -0.05) is 6.07 Å². The second-order valence-electron chi connectivity index (χ2n) is 5.00. The Balaban J connectivity index is 1.73. The largest absolute Gasteiger partial charge is 0.486 e. The summed E-state index contributed by atoms with van der Waals surface area (Å²) in [6.07, 6.45) is 0. The van der Waals surface area contributed by atoms with Crippen LogP contribution >= 0.6 is 0 Å². The van der Waals surface area contributed by atoms with Crippen LogP contribution < -0.4 is 9.47 Å². The van der Waals surface area contributed by atoms with E-state index in [-0.39, 0.29) is 5.92 Å². The van der Waals surface area contributed by atoms with Gasteiger partial charge in [0.05, 0.1) is 25.2 Å². The number of hydrogen-bond donors (Lipinski definition) is 0. The summed E-state index contributed by atoms with van der Waals surface area (Å²) in [5.74, 6) is 1.36. The fraction of sp³-hybridized carbons (Fsp3) is 0.533. The normalized spacial score (nSPS) is 20.1. The highest BCUT2D eigenvalue weighted by molar-refractivity contribution is 5.45. The molecule has 1 aromatic rings. The van der Waals surface area contributed by atoms with E-state index in [1.807, 2.05) is 18.2 Å². The Labute approximate surface area is 118 Å². The SMILES string of the molecule is N#CC(CN1CCOCC1)c1ccc2c(c1)OCCO2. The van der Waals surface area contributed by atoms with Crippen molar-refractivity contribution in [3.05, 3.63) is 23.8 Å². The second-order valence-corrected chi connectivity index (χ2v) is 5.00. The maximum absolute atomic E-state index is 9.43. The minimum atomic E-state index is -0.149. The molecule has 5 heteroatoms. The van der Waals surface area contributed by atoms with Gasteiger partial charge in [0.25, 0.3) is 0 Å². The third-order valence-corrected chi connectivity index (χ3v) is 3.67. The molecule has 3 rings (SSSR count). The fourth-order valence-corrected chi connectivity index (χ4v) is 2.54. The highest BCUT2D eigenvalue weighted by atomic mass is 16.6. The average Bonchev–Trinajstić information content (AvgIpc) is 2.53. The Morgan fingerprint density at radius 2 is 1.85 bits per heavy atom. The molecule has 5 nitrogen and oxygen atoms in total. The highest BCUT2D eigenvalue weighted by Crippen LogP contribution is 2.33. The molecule has 1 fully saturated rings. The van der Waals surface area contributed by atoms with Crippen LogP contribution in [-0.4, -0.2) is 51.0 Å². The molecule has 0 amide bonds. The van der Waals surface area contributed by atoms with Crippen LogP contribution in [0.2, 0.25) is 0 Å². The Hall–Kier alpha value is -1.77. The van der Waals surface area contributed by atoms with Crippen LogP contribution in [0.1, 0.15) is 11.5 Å². The molecule has 0 spiro atoms. The molecule has 1 saturated heterocycles. The van der Waals surface area contributed by atoms with Crippen molar-refractivity contribution < 1.29 is 14.2 Å². The summed E-state index contributed by atoms with van der Waals surface area (Å²) < 4.78 is 16.4. The Bertz CT molecular complexity index is 506. The molecule has 0 bridgehead atoms. The molecule has 0 radical (unpaired) electrons. The lowest BCUT2D eigenvalue weighted by molar-refractivity contribution is 0.0370. The predicted molar refractivity (Wildman–Crippen MR) is 73.0 cm³/mol. The van der Waals surface area contributed by atoms with E-state index >= 15 is 0 Å². The van der Waals surface area contributed by atoms with Gasteiger partial charge in [-0.3, -0.25) is 4.90 Å². The van der Waals surface area contributed by atoms with Crippen molar-refractivity contribution in [2.24, 2.45) is 0 Å². The van der Waals surface area contributed by atoms with Crippen LogP contribution in [0.3, 0.4) is 0 Å². The molecular formula is C15H18N2O3. The number of benzene rings is 1. The molecule has 1 atom stereocenters. The molecular weight excluding hydrogens is 256 g/mol. The van der Waals surface area contributed by atoms with Crippen LogP contribution in [0, 0.1) is 11.3 Å². The topological polar surface area (TPSA) is 54.7 Å². The van der Waals surface area contributed by atoms with Gasteiger partial charge in [0.1, 0.15) is 13.2 Å². The fourth-order valence-electron chi connectivity index (χ4n) is 2.54. The van der Waals surface area contributed by atoms with Gasteiger partial charge in [-0.2, -0.15) is 5.26 Å². The van der Waals surface area contributed by atoms with E-state index in [9.17, 15) is 5.26 Å². The van der Waals surface area contributed by atoms with Crippen molar-refractivity contribution in [3.63, 3.8) is 0 Å². The first-order chi connectivity index (χ1) is 9.86. The van der Waals surface area contributed by atoms with Crippen molar-refractivity contribution in [2.45, 2.75) is 5.92 Å². The zero-order chi connectivity index (χ0) is 13.8. The first kappa shape index (κ1) is 13.2. The average molecular weight is 274 g/mol. The summed E-state index contributed by atoms with van der Waals surface area (Å²) in [6, 6.07) is 8.18. The zero-order valence-corrected chi connectivity index (χ0v) is 11.4. The molecule has 2 aliphatic rings. The summed E-state index contributed by atoms with van der Waals surface area (Å²) in [5, 5.41) is 9.43. The summed E-state index contributed by atoms with van der Waals surface area (Å²) in [4.78, 5) is 2.27. The number of hydrogen-bond acceptors (Lipinski definition) is 5. The minimum Gasteiger partial charge on any atom is -0.486 e. The number of ether oxygens (including phenoxy) is 3. The van der Waals surface area contributed by atoms with Crippen LogP contribution in [0.15, 0.2) is 18.2 Å². The van der Waals surface area contributed by atoms with Crippen molar-refractivity contribution in [3.8, 4) is 17.6 Å². The van der Waals surface area contributed by atoms with Gasteiger partial charge in [0.2, 0.25) is 0 Å². The van der Waals surface area contributed by atoms with Gasteiger partial charge in [-0.05, 0) is 17.7 Å². The van der Waals surface area contributed by atoms with Crippen LogP contribution in [0.4, 0.5) is 0 Å². The molecule has 0 N–H and O–H groups in total. The Kier molecular flexibility index (Phi) is 4.05. The molecule has 2 heterocycles. The van der Waals surface area contributed by atoms with E-state index in [4.69, 9.17) is 14.2 Å². The van der Waals surface area contributed by atoms with E-state index in [1.54, 1.807) is 0 Å². The molecule has 20 heavy (non-hydrogen) atoms. The van der Waals surface area contributed by atoms with Crippen molar-refractivity contribution >= 4 is 0 Å². The van der Waals surface area contributed by atoms with Crippen molar-refractivity contribution in [1.82, 2.24) is 4.90 Å². The lowest BCUT2D eigenvalue weighted by Gasteiger charge is -2.28. The molecule has 106 valence electrons. The predicted octanol–water partition coefficient (Wildman–Crippen LogP) is 1.40.